The second-order valence-corrected chi connectivity index (χ2v) is 7.22. The van der Waals surface area contributed by atoms with Gasteiger partial charge in [0.25, 0.3) is 0 Å². The lowest BCUT2D eigenvalue weighted by Crippen LogP contribution is -2.43. The van der Waals surface area contributed by atoms with Crippen molar-refractivity contribution in [3.8, 4) is 0 Å². The second-order valence-electron chi connectivity index (χ2n) is 5.33. The van der Waals surface area contributed by atoms with Gasteiger partial charge in [0.1, 0.15) is 6.04 Å². The molecule has 0 bridgehead atoms. The summed E-state index contributed by atoms with van der Waals surface area (Å²) in [6.07, 6.45) is 0.830. The van der Waals surface area contributed by atoms with E-state index in [-0.39, 0.29) is 16.7 Å². The zero-order chi connectivity index (χ0) is 13.8. The third-order valence-corrected chi connectivity index (χ3v) is 5.85. The van der Waals surface area contributed by atoms with Gasteiger partial charge in [-0.2, -0.15) is 4.31 Å². The van der Waals surface area contributed by atoms with Gasteiger partial charge >= 0.3 is 5.97 Å². The Kier molecular flexibility index (Phi) is 2.69. The van der Waals surface area contributed by atoms with Crippen LogP contribution >= 0.6 is 0 Å². The number of sulfonamides is 1. The van der Waals surface area contributed by atoms with E-state index in [1.54, 1.807) is 12.1 Å². The van der Waals surface area contributed by atoms with Crippen molar-refractivity contribution in [2.75, 3.05) is 6.54 Å². The van der Waals surface area contributed by atoms with E-state index >= 15 is 0 Å². The lowest BCUT2D eigenvalue weighted by atomic mass is 10.2. The number of nitrogens with zero attached hydrogens (tertiary/aromatic N) is 1. The number of benzene rings is 1. The summed E-state index contributed by atoms with van der Waals surface area (Å²) in [6.45, 7) is 2.21. The lowest BCUT2D eigenvalue weighted by molar-refractivity contribution is -0.141. The Hall–Kier alpha value is -1.40. The van der Waals surface area contributed by atoms with E-state index in [0.29, 0.717) is 6.54 Å². The van der Waals surface area contributed by atoms with Crippen LogP contribution in [0.25, 0.3) is 0 Å². The Labute approximate surface area is 111 Å². The first-order chi connectivity index (χ1) is 8.91. The fourth-order valence-electron chi connectivity index (χ4n) is 2.83. The number of hydrogen-bond donors (Lipinski definition) is 1. The molecule has 1 aliphatic heterocycles. The first-order valence-corrected chi connectivity index (χ1v) is 7.66. The lowest BCUT2D eigenvalue weighted by Gasteiger charge is -2.23. The Morgan fingerprint density at radius 1 is 1.32 bits per heavy atom. The van der Waals surface area contributed by atoms with Crippen molar-refractivity contribution in [1.29, 1.82) is 0 Å². The summed E-state index contributed by atoms with van der Waals surface area (Å²) in [5.74, 6) is -0.820. The number of carboxylic acid groups (broad SMARTS) is 1. The summed E-state index contributed by atoms with van der Waals surface area (Å²) < 4.78 is 26.1. The van der Waals surface area contributed by atoms with Crippen molar-refractivity contribution in [2.45, 2.75) is 24.3 Å². The molecule has 1 saturated heterocycles. The van der Waals surface area contributed by atoms with Crippen LogP contribution in [0, 0.1) is 18.8 Å². The summed E-state index contributed by atoms with van der Waals surface area (Å²) >= 11 is 0. The molecule has 0 amide bonds. The number of carboxylic acids is 1. The average Bonchev–Trinajstić information content (AvgIpc) is 2.99. The summed E-state index contributed by atoms with van der Waals surface area (Å²) in [6, 6.07) is 5.62. The molecule has 1 aliphatic carbocycles. The summed E-state index contributed by atoms with van der Waals surface area (Å²) in [4.78, 5) is 11.4. The smallest absolute Gasteiger partial charge is 0.322 e. The molecule has 3 rings (SSSR count). The highest BCUT2D eigenvalue weighted by molar-refractivity contribution is 7.89. The predicted molar refractivity (Wildman–Crippen MR) is 68.1 cm³/mol. The molecule has 0 spiro atoms. The van der Waals surface area contributed by atoms with Crippen LogP contribution in [0.5, 0.6) is 0 Å². The third-order valence-electron chi connectivity index (χ3n) is 3.99. The van der Waals surface area contributed by atoms with Gasteiger partial charge in [0.05, 0.1) is 4.90 Å². The molecule has 2 aliphatic rings. The number of carbonyl (C=O) groups is 1. The highest BCUT2D eigenvalue weighted by Crippen LogP contribution is 2.51. The quantitative estimate of drug-likeness (QED) is 0.900. The van der Waals surface area contributed by atoms with E-state index in [1.165, 1.54) is 12.1 Å². The largest absolute Gasteiger partial charge is 0.480 e. The van der Waals surface area contributed by atoms with Crippen LogP contribution in [0.4, 0.5) is 0 Å². The third kappa shape index (κ3) is 1.95. The molecule has 1 aromatic carbocycles. The van der Waals surface area contributed by atoms with Crippen LogP contribution in [0.15, 0.2) is 29.2 Å². The van der Waals surface area contributed by atoms with E-state index in [2.05, 4.69) is 0 Å². The first kappa shape index (κ1) is 12.6. The van der Waals surface area contributed by atoms with Crippen LogP contribution in [-0.2, 0) is 14.8 Å². The molecule has 1 saturated carbocycles. The van der Waals surface area contributed by atoms with Crippen molar-refractivity contribution in [3.63, 3.8) is 0 Å². The SMILES string of the molecule is Cc1ccc(S(=O)(=O)N2C[C@@H]3C[C@H]3[C@@H]2C(=O)O)cc1. The van der Waals surface area contributed by atoms with Crippen LogP contribution in [0.1, 0.15) is 12.0 Å². The van der Waals surface area contributed by atoms with Crippen molar-refractivity contribution in [3.05, 3.63) is 29.8 Å². The highest BCUT2D eigenvalue weighted by Gasteiger charge is 2.59. The van der Waals surface area contributed by atoms with E-state index in [4.69, 9.17) is 0 Å². The Morgan fingerprint density at radius 2 is 1.95 bits per heavy atom. The van der Waals surface area contributed by atoms with Crippen molar-refractivity contribution < 1.29 is 18.3 Å². The number of hydrogen-bond acceptors (Lipinski definition) is 3. The zero-order valence-electron chi connectivity index (χ0n) is 10.5. The Balaban J connectivity index is 1.96. The minimum absolute atomic E-state index is 0.00211. The van der Waals surface area contributed by atoms with Crippen LogP contribution in [0.2, 0.25) is 0 Å². The maximum atomic E-state index is 12.5. The molecule has 1 heterocycles. The average molecular weight is 281 g/mol. The van der Waals surface area contributed by atoms with Gasteiger partial charge in [0.15, 0.2) is 0 Å². The maximum absolute atomic E-state index is 12.5. The maximum Gasteiger partial charge on any atom is 0.322 e. The van der Waals surface area contributed by atoms with E-state index < -0.39 is 22.0 Å². The molecule has 1 N–H and O–H groups in total. The number of rotatable bonds is 3. The summed E-state index contributed by atoms with van der Waals surface area (Å²) in [5.41, 5.74) is 0.970. The molecule has 3 atom stereocenters. The molecular formula is C13H15NO4S. The van der Waals surface area contributed by atoms with Gasteiger partial charge in [-0.25, -0.2) is 8.42 Å². The minimum Gasteiger partial charge on any atom is -0.480 e. The van der Waals surface area contributed by atoms with Gasteiger partial charge in [0.2, 0.25) is 10.0 Å². The van der Waals surface area contributed by atoms with Crippen molar-refractivity contribution >= 4 is 16.0 Å². The molecular weight excluding hydrogens is 266 g/mol. The zero-order valence-corrected chi connectivity index (χ0v) is 11.3. The molecule has 0 unspecified atom stereocenters. The number of aliphatic carboxylic acids is 1. The van der Waals surface area contributed by atoms with Crippen molar-refractivity contribution in [1.82, 2.24) is 4.31 Å². The summed E-state index contributed by atoms with van der Waals surface area (Å²) in [5, 5.41) is 9.23. The van der Waals surface area contributed by atoms with Gasteiger partial charge < -0.3 is 5.11 Å². The molecule has 19 heavy (non-hydrogen) atoms. The normalized spacial score (nSPS) is 30.1. The monoisotopic (exact) mass is 281 g/mol. The highest BCUT2D eigenvalue weighted by atomic mass is 32.2. The standard InChI is InChI=1S/C13H15NO4S/c1-8-2-4-10(5-3-8)19(17,18)14-7-9-6-11(9)12(14)13(15)16/h2-5,9,11-12H,6-7H2,1H3,(H,15,16)/t9-,11+,12+/m0/s1. The van der Waals surface area contributed by atoms with Gasteiger partial charge in [0, 0.05) is 6.54 Å². The fourth-order valence-corrected chi connectivity index (χ4v) is 4.51. The Bertz CT molecular complexity index is 623. The summed E-state index contributed by atoms with van der Waals surface area (Å²) in [7, 11) is -3.70. The van der Waals surface area contributed by atoms with Gasteiger partial charge in [-0.3, -0.25) is 4.79 Å². The molecule has 0 radical (unpaired) electrons. The Morgan fingerprint density at radius 3 is 2.53 bits per heavy atom. The number of fused-ring (bicyclic) bond motifs is 1. The minimum atomic E-state index is -3.70. The van der Waals surface area contributed by atoms with Gasteiger partial charge in [-0.15, -0.1) is 0 Å². The van der Waals surface area contributed by atoms with Crippen molar-refractivity contribution in [2.24, 2.45) is 11.8 Å². The van der Waals surface area contributed by atoms with Crippen LogP contribution < -0.4 is 0 Å². The van der Waals surface area contributed by atoms with Crippen LogP contribution in [0.3, 0.4) is 0 Å². The predicted octanol–water partition coefficient (Wildman–Crippen LogP) is 1.09. The fraction of sp³-hybridized carbons (Fsp3) is 0.462. The van der Waals surface area contributed by atoms with Crippen LogP contribution in [-0.4, -0.2) is 36.4 Å². The molecule has 1 aromatic rings. The second kappa shape index (κ2) is 4.05. The van der Waals surface area contributed by atoms with E-state index in [0.717, 1.165) is 16.3 Å². The molecule has 5 nitrogen and oxygen atoms in total. The molecule has 6 heteroatoms. The molecule has 102 valence electrons. The number of piperidine rings is 1. The van der Waals surface area contributed by atoms with E-state index in [9.17, 15) is 18.3 Å². The molecule has 0 aromatic heterocycles. The number of aryl methyl sites for hydroxylation is 1. The molecule has 2 fully saturated rings. The van der Waals surface area contributed by atoms with Gasteiger partial charge in [-0.05, 0) is 37.3 Å². The van der Waals surface area contributed by atoms with E-state index in [1.807, 2.05) is 6.92 Å². The first-order valence-electron chi connectivity index (χ1n) is 6.22. The topological polar surface area (TPSA) is 74.7 Å². The van der Waals surface area contributed by atoms with Gasteiger partial charge in [-0.1, -0.05) is 17.7 Å².